The molecule has 0 unspecified atom stereocenters. The molecule has 1 radical (unpaired) electrons. The van der Waals surface area contributed by atoms with Gasteiger partial charge in [-0.3, -0.25) is 0 Å². The van der Waals surface area contributed by atoms with E-state index in [9.17, 15) is 13.2 Å². The molecule has 59 valence electrons. The van der Waals surface area contributed by atoms with Crippen molar-refractivity contribution in [1.82, 2.24) is 4.98 Å². The Hall–Kier alpha value is -0.710. The number of hydrogen-bond acceptors (Lipinski definition) is 2. The van der Waals surface area contributed by atoms with Crippen molar-refractivity contribution in [2.45, 2.75) is 10.5 Å². The molecular formula is C6H3F3NS. The first-order chi connectivity index (χ1) is 5.08. The van der Waals surface area contributed by atoms with E-state index in [1.54, 1.807) is 0 Å². The quantitative estimate of drug-likeness (QED) is 0.613. The molecule has 0 aromatic carbocycles. The highest BCUT2D eigenvalue weighted by molar-refractivity contribution is 8.00. The molecule has 0 aliphatic heterocycles. The maximum Gasteiger partial charge on any atom is 0.447 e. The van der Waals surface area contributed by atoms with Gasteiger partial charge in [-0.25, -0.2) is 4.98 Å². The molecule has 0 fully saturated rings. The van der Waals surface area contributed by atoms with Gasteiger partial charge in [-0.05, 0) is 6.07 Å². The molecule has 0 N–H and O–H groups in total. The zero-order chi connectivity index (χ0) is 8.32. The molecule has 1 heterocycles. The molecule has 0 amide bonds. The molecule has 0 saturated carbocycles. The van der Waals surface area contributed by atoms with Crippen LogP contribution in [-0.2, 0) is 0 Å². The van der Waals surface area contributed by atoms with E-state index in [0.29, 0.717) is 0 Å². The molecular weight excluding hydrogens is 175 g/mol. The second-order valence-electron chi connectivity index (χ2n) is 1.64. The molecule has 1 aromatic rings. The van der Waals surface area contributed by atoms with Crippen molar-refractivity contribution in [3.8, 4) is 0 Å². The highest BCUT2D eigenvalue weighted by atomic mass is 32.2. The Morgan fingerprint density at radius 3 is 2.64 bits per heavy atom. The summed E-state index contributed by atoms with van der Waals surface area (Å²) in [5.74, 6) is 0. The highest BCUT2D eigenvalue weighted by Crippen LogP contribution is 2.35. The van der Waals surface area contributed by atoms with Crippen molar-refractivity contribution in [2.75, 3.05) is 0 Å². The lowest BCUT2D eigenvalue weighted by molar-refractivity contribution is -0.0329. The van der Waals surface area contributed by atoms with Gasteiger partial charge >= 0.3 is 5.51 Å². The lowest BCUT2D eigenvalue weighted by Gasteiger charge is -2.02. The van der Waals surface area contributed by atoms with Crippen molar-refractivity contribution in [1.29, 1.82) is 0 Å². The summed E-state index contributed by atoms with van der Waals surface area (Å²) in [5.41, 5.74) is -4.26. The number of hydrogen-bond donors (Lipinski definition) is 0. The van der Waals surface area contributed by atoms with Crippen molar-refractivity contribution in [3.05, 3.63) is 24.4 Å². The van der Waals surface area contributed by atoms with Gasteiger partial charge in [0.2, 0.25) is 0 Å². The highest BCUT2D eigenvalue weighted by Gasteiger charge is 2.29. The summed E-state index contributed by atoms with van der Waals surface area (Å²) in [7, 11) is 0. The number of aromatic nitrogens is 1. The Balaban J connectivity index is 2.66. The van der Waals surface area contributed by atoms with Gasteiger partial charge in [-0.2, -0.15) is 13.2 Å². The van der Waals surface area contributed by atoms with E-state index in [-0.39, 0.29) is 16.8 Å². The Labute approximate surface area is 65.6 Å². The fourth-order valence-electron chi connectivity index (χ4n) is 0.485. The number of rotatable bonds is 1. The van der Waals surface area contributed by atoms with Gasteiger partial charge in [0.15, 0.2) is 0 Å². The van der Waals surface area contributed by atoms with Crippen LogP contribution in [-0.4, -0.2) is 10.5 Å². The Morgan fingerprint density at radius 1 is 1.45 bits per heavy atom. The Morgan fingerprint density at radius 2 is 2.18 bits per heavy atom. The number of alkyl halides is 3. The summed E-state index contributed by atoms with van der Waals surface area (Å²) < 4.78 is 35.0. The van der Waals surface area contributed by atoms with Crippen LogP contribution < -0.4 is 0 Å². The third-order valence-electron chi connectivity index (χ3n) is 0.809. The molecule has 0 atom stereocenters. The van der Waals surface area contributed by atoms with Crippen LogP contribution in [0.2, 0.25) is 0 Å². The average molecular weight is 178 g/mol. The summed E-state index contributed by atoms with van der Waals surface area (Å²) in [6.45, 7) is 0. The second-order valence-corrected chi connectivity index (χ2v) is 2.73. The zero-order valence-electron chi connectivity index (χ0n) is 5.22. The normalized spacial score (nSPS) is 11.5. The maximum atomic E-state index is 11.7. The van der Waals surface area contributed by atoms with Crippen molar-refractivity contribution >= 4 is 11.8 Å². The van der Waals surface area contributed by atoms with Gasteiger partial charge in [0.1, 0.15) is 5.03 Å². The van der Waals surface area contributed by atoms with E-state index in [0.717, 1.165) is 0 Å². The monoisotopic (exact) mass is 178 g/mol. The predicted molar refractivity (Wildman–Crippen MR) is 35.0 cm³/mol. The third kappa shape index (κ3) is 3.27. The first-order valence-corrected chi connectivity index (χ1v) is 3.47. The van der Waals surface area contributed by atoms with E-state index in [2.05, 4.69) is 11.1 Å². The number of nitrogens with zero attached hydrogens (tertiary/aromatic N) is 1. The van der Waals surface area contributed by atoms with Crippen LogP contribution in [0.1, 0.15) is 0 Å². The van der Waals surface area contributed by atoms with Gasteiger partial charge in [0.25, 0.3) is 0 Å². The van der Waals surface area contributed by atoms with Crippen LogP contribution in [0.15, 0.2) is 23.4 Å². The summed E-state index contributed by atoms with van der Waals surface area (Å²) in [5, 5.41) is -0.0590. The Bertz CT molecular complexity index is 221. The van der Waals surface area contributed by atoms with E-state index >= 15 is 0 Å². The molecule has 1 rings (SSSR count). The van der Waals surface area contributed by atoms with Crippen LogP contribution in [0.4, 0.5) is 13.2 Å². The van der Waals surface area contributed by atoms with Crippen LogP contribution in [0.25, 0.3) is 0 Å². The molecule has 0 aliphatic rings. The standard InChI is InChI=1S/C6H3F3NS/c7-6(8,9)11-5-3-1-2-4-10-5/h1,3-4H. The van der Waals surface area contributed by atoms with Crippen molar-refractivity contribution < 1.29 is 13.2 Å². The summed E-state index contributed by atoms with van der Waals surface area (Å²) in [4.78, 5) is 3.45. The molecule has 0 aliphatic carbocycles. The van der Waals surface area contributed by atoms with Crippen LogP contribution >= 0.6 is 11.8 Å². The summed E-state index contributed by atoms with van der Waals surface area (Å²) >= 11 is -0.230. The fraction of sp³-hybridized carbons (Fsp3) is 0.167. The second kappa shape index (κ2) is 3.13. The van der Waals surface area contributed by atoms with Crippen LogP contribution in [0.5, 0.6) is 0 Å². The fourth-order valence-corrected chi connectivity index (χ4v) is 0.964. The molecule has 0 bridgehead atoms. The minimum atomic E-state index is -4.26. The molecule has 11 heavy (non-hydrogen) atoms. The minimum Gasteiger partial charge on any atom is -0.249 e. The average Bonchev–Trinajstić information content (AvgIpc) is 1.85. The van der Waals surface area contributed by atoms with Crippen LogP contribution in [0.3, 0.4) is 0 Å². The van der Waals surface area contributed by atoms with Gasteiger partial charge in [0.05, 0.1) is 0 Å². The molecule has 0 saturated heterocycles. The molecule has 5 heteroatoms. The number of thioether (sulfide) groups is 1. The summed E-state index contributed by atoms with van der Waals surface area (Å²) in [6.07, 6.45) is 1.20. The third-order valence-corrected chi connectivity index (χ3v) is 1.49. The van der Waals surface area contributed by atoms with Gasteiger partial charge in [-0.1, -0.05) is 6.07 Å². The van der Waals surface area contributed by atoms with Crippen molar-refractivity contribution in [3.63, 3.8) is 0 Å². The van der Waals surface area contributed by atoms with E-state index in [4.69, 9.17) is 0 Å². The SMILES string of the molecule is FC(F)(F)Sc1cc[c]cn1. The first-order valence-electron chi connectivity index (χ1n) is 2.66. The first kappa shape index (κ1) is 8.39. The van der Waals surface area contributed by atoms with Gasteiger partial charge in [0, 0.05) is 24.0 Å². The lowest BCUT2D eigenvalue weighted by atomic mass is 10.5. The smallest absolute Gasteiger partial charge is 0.249 e. The molecule has 1 aromatic heterocycles. The number of halogens is 3. The van der Waals surface area contributed by atoms with Crippen molar-refractivity contribution in [2.24, 2.45) is 0 Å². The molecule has 0 spiro atoms. The van der Waals surface area contributed by atoms with E-state index < -0.39 is 5.51 Å². The minimum absolute atomic E-state index is 0.0590. The van der Waals surface area contributed by atoms with Gasteiger partial charge < -0.3 is 0 Å². The Kier molecular flexibility index (Phi) is 2.38. The van der Waals surface area contributed by atoms with E-state index in [1.807, 2.05) is 0 Å². The summed E-state index contributed by atoms with van der Waals surface area (Å²) in [6, 6.07) is 5.18. The predicted octanol–water partition coefficient (Wildman–Crippen LogP) is 2.49. The maximum absolute atomic E-state index is 11.7. The zero-order valence-corrected chi connectivity index (χ0v) is 6.04. The van der Waals surface area contributed by atoms with E-state index in [1.165, 1.54) is 18.3 Å². The van der Waals surface area contributed by atoms with Crippen LogP contribution in [0, 0.1) is 6.07 Å². The lowest BCUT2D eigenvalue weighted by Crippen LogP contribution is -1.99. The van der Waals surface area contributed by atoms with Gasteiger partial charge in [-0.15, -0.1) is 0 Å². The topological polar surface area (TPSA) is 12.9 Å². The number of pyridine rings is 1. The molecule has 1 nitrogen and oxygen atoms in total. The largest absolute Gasteiger partial charge is 0.447 e.